The van der Waals surface area contributed by atoms with Crippen LogP contribution in [0.25, 0.3) is 16.7 Å². The first-order chi connectivity index (χ1) is 16.6. The molecule has 0 unspecified atom stereocenters. The molecule has 2 saturated heterocycles. The maximum atomic E-state index is 14.3. The molecule has 11 nitrogen and oxygen atoms in total. The summed E-state index contributed by atoms with van der Waals surface area (Å²) in [5, 5.41) is 25.2. The zero-order valence-corrected chi connectivity index (χ0v) is 19.6. The molecular weight excluding hydrogens is 457 g/mol. The first-order valence-corrected chi connectivity index (χ1v) is 11.5. The van der Waals surface area contributed by atoms with Gasteiger partial charge in [-0.1, -0.05) is 0 Å². The minimum absolute atomic E-state index is 0.0575. The van der Waals surface area contributed by atoms with Crippen molar-refractivity contribution < 1.29 is 19.4 Å². The molecule has 35 heavy (non-hydrogen) atoms. The van der Waals surface area contributed by atoms with Crippen molar-refractivity contribution >= 4 is 22.8 Å². The molecule has 2 aliphatic rings. The fraction of sp³-hybridized carbons (Fsp3) is 0.478. The van der Waals surface area contributed by atoms with E-state index >= 15 is 0 Å². The summed E-state index contributed by atoms with van der Waals surface area (Å²) in [7, 11) is 3.37. The number of urea groups is 1. The van der Waals surface area contributed by atoms with Gasteiger partial charge in [0.2, 0.25) is 0 Å². The second-order valence-electron chi connectivity index (χ2n) is 9.55. The number of carbonyl (C=O) groups excluding carboxylic acids is 1. The third-order valence-electron chi connectivity index (χ3n) is 6.74. The van der Waals surface area contributed by atoms with E-state index in [1.54, 1.807) is 36.0 Å². The second kappa shape index (κ2) is 8.61. The highest BCUT2D eigenvalue weighted by Gasteiger charge is 2.35. The number of aliphatic hydroxyl groups excluding tert-OH is 1. The van der Waals surface area contributed by atoms with E-state index in [2.05, 4.69) is 10.1 Å². The summed E-state index contributed by atoms with van der Waals surface area (Å²) in [4.78, 5) is 34.7. The molecule has 0 spiro atoms. The van der Waals surface area contributed by atoms with Gasteiger partial charge in [-0.25, -0.2) is 18.9 Å². The van der Waals surface area contributed by atoms with Crippen molar-refractivity contribution in [1.82, 2.24) is 29.1 Å². The van der Waals surface area contributed by atoms with Gasteiger partial charge >= 0.3 is 6.03 Å². The first-order valence-electron chi connectivity index (χ1n) is 11.5. The van der Waals surface area contributed by atoms with Gasteiger partial charge in [0.1, 0.15) is 17.5 Å². The zero-order chi connectivity index (χ0) is 24.9. The monoisotopic (exact) mass is 485 g/mol. The van der Waals surface area contributed by atoms with Gasteiger partial charge in [-0.3, -0.25) is 9.36 Å². The Hall–Kier alpha value is -3.51. The van der Waals surface area contributed by atoms with Crippen molar-refractivity contribution in [2.75, 3.05) is 45.2 Å². The third kappa shape index (κ3) is 4.23. The Morgan fingerprint density at radius 1 is 1.26 bits per heavy atom. The number of rotatable bonds is 4. The smallest absolute Gasteiger partial charge is 0.319 e. The lowest BCUT2D eigenvalue weighted by atomic mass is 9.91. The van der Waals surface area contributed by atoms with Gasteiger partial charge < -0.3 is 24.9 Å². The predicted octanol–water partition coefficient (Wildman–Crippen LogP) is 0.411. The van der Waals surface area contributed by atoms with E-state index in [0.29, 0.717) is 56.0 Å². The number of fused-ring (bicyclic) bond motifs is 1. The van der Waals surface area contributed by atoms with Crippen LogP contribution in [0.1, 0.15) is 12.8 Å². The molecule has 3 aromatic rings. The summed E-state index contributed by atoms with van der Waals surface area (Å²) in [6.45, 7) is 1.57. The van der Waals surface area contributed by atoms with Crippen molar-refractivity contribution in [3.05, 3.63) is 46.9 Å². The number of hydrogen-bond acceptors (Lipinski definition) is 7. The number of hydrogen-bond donors (Lipinski definition) is 2. The number of likely N-dealkylation sites (tertiary alicyclic amines) is 1. The minimum Gasteiger partial charge on any atom is -0.389 e. The maximum absolute atomic E-state index is 14.3. The topological polar surface area (TPSA) is 120 Å². The zero-order valence-electron chi connectivity index (χ0n) is 19.6. The molecule has 2 N–H and O–H groups in total. The highest BCUT2D eigenvalue weighted by Crippen LogP contribution is 2.28. The lowest BCUT2D eigenvalue weighted by Gasteiger charge is -2.39. The Morgan fingerprint density at radius 2 is 1.97 bits per heavy atom. The van der Waals surface area contributed by atoms with Crippen LogP contribution in [0, 0.1) is 5.82 Å². The van der Waals surface area contributed by atoms with Crippen LogP contribution in [0.3, 0.4) is 0 Å². The van der Waals surface area contributed by atoms with Crippen molar-refractivity contribution in [1.29, 1.82) is 0 Å². The number of benzene rings is 1. The Bertz CT molecular complexity index is 1320. The molecule has 0 radical (unpaired) electrons. The summed E-state index contributed by atoms with van der Waals surface area (Å²) in [5.74, 6) is -0.404. The molecule has 2 aliphatic heterocycles. The molecule has 2 fully saturated rings. The van der Waals surface area contributed by atoms with Crippen molar-refractivity contribution in [3.8, 4) is 5.69 Å². The van der Waals surface area contributed by atoms with E-state index in [-0.39, 0.29) is 23.5 Å². The van der Waals surface area contributed by atoms with E-state index in [0.717, 1.165) is 0 Å². The Balaban J connectivity index is 1.38. The quantitative estimate of drug-likeness (QED) is 0.549. The largest absolute Gasteiger partial charge is 0.389 e. The van der Waals surface area contributed by atoms with Crippen LogP contribution in [-0.2, 0) is 6.54 Å². The van der Waals surface area contributed by atoms with Crippen LogP contribution < -0.4 is 10.5 Å². The van der Waals surface area contributed by atoms with Crippen LogP contribution in [0.4, 0.5) is 14.9 Å². The highest BCUT2D eigenvalue weighted by molar-refractivity contribution is 5.75. The molecule has 12 heteroatoms. The number of amides is 2. The van der Waals surface area contributed by atoms with Crippen molar-refractivity contribution in [2.45, 2.75) is 31.1 Å². The maximum Gasteiger partial charge on any atom is 0.319 e. The van der Waals surface area contributed by atoms with Gasteiger partial charge in [-0.15, -0.1) is 0 Å². The van der Waals surface area contributed by atoms with Crippen LogP contribution in [0.15, 0.2) is 35.5 Å². The molecule has 2 aromatic heterocycles. The van der Waals surface area contributed by atoms with Gasteiger partial charge in [0.05, 0.1) is 35.8 Å². The number of aromatic nitrogens is 4. The van der Waals surface area contributed by atoms with Crippen molar-refractivity contribution in [3.63, 3.8) is 0 Å². The van der Waals surface area contributed by atoms with E-state index in [1.165, 1.54) is 32.7 Å². The number of β-amino-alcohol motifs (C(OH)–C–C–N with tert-alkyl or cyclic N) is 1. The normalized spacial score (nSPS) is 18.1. The fourth-order valence-corrected chi connectivity index (χ4v) is 4.65. The molecule has 5 rings (SSSR count). The number of carbonyl (C=O) groups is 1. The van der Waals surface area contributed by atoms with Crippen LogP contribution >= 0.6 is 0 Å². The summed E-state index contributed by atoms with van der Waals surface area (Å²) in [6, 6.07) is 4.40. The first kappa shape index (κ1) is 23.2. The van der Waals surface area contributed by atoms with Crippen LogP contribution in [-0.4, -0.2) is 97.4 Å². The number of nitrogens with zero attached hydrogens (tertiary/aromatic N) is 7. The Labute approximate surface area is 200 Å². The van der Waals surface area contributed by atoms with E-state index in [9.17, 15) is 24.2 Å². The van der Waals surface area contributed by atoms with Gasteiger partial charge in [0.25, 0.3) is 5.56 Å². The van der Waals surface area contributed by atoms with E-state index in [4.69, 9.17) is 0 Å². The molecule has 0 saturated carbocycles. The summed E-state index contributed by atoms with van der Waals surface area (Å²) >= 11 is 0. The molecular formula is C23H28FN7O4. The fourth-order valence-electron chi connectivity index (χ4n) is 4.65. The number of aliphatic hydroxyl groups is 2. The average molecular weight is 486 g/mol. The molecule has 186 valence electrons. The van der Waals surface area contributed by atoms with E-state index < -0.39 is 17.5 Å². The summed E-state index contributed by atoms with van der Waals surface area (Å²) in [5.41, 5.74) is -0.253. The lowest BCUT2D eigenvalue weighted by Crippen LogP contribution is -2.51. The molecule has 2 amide bonds. The van der Waals surface area contributed by atoms with Gasteiger partial charge in [0, 0.05) is 40.3 Å². The Kier molecular flexibility index (Phi) is 5.72. The SMILES string of the molecule is CN(C)C(=O)N1CCC(O)(Cn2cnc3c(cnn3-c3ccc(F)c(N4CC(O)C4)c3)c2=O)CC1. The van der Waals surface area contributed by atoms with Crippen LogP contribution in [0.2, 0.25) is 0 Å². The minimum atomic E-state index is -1.13. The predicted molar refractivity (Wildman–Crippen MR) is 126 cm³/mol. The number of anilines is 1. The van der Waals surface area contributed by atoms with E-state index in [1.807, 2.05) is 0 Å². The molecule has 0 bridgehead atoms. The molecule has 1 aromatic carbocycles. The lowest BCUT2D eigenvalue weighted by molar-refractivity contribution is -0.0282. The van der Waals surface area contributed by atoms with Gasteiger partial charge in [0.15, 0.2) is 5.65 Å². The molecule has 4 heterocycles. The number of halogens is 1. The Morgan fingerprint density at radius 3 is 2.63 bits per heavy atom. The highest BCUT2D eigenvalue weighted by atomic mass is 19.1. The summed E-state index contributed by atoms with van der Waals surface area (Å²) in [6.07, 6.45) is 3.02. The second-order valence-corrected chi connectivity index (χ2v) is 9.55. The van der Waals surface area contributed by atoms with Gasteiger partial charge in [-0.05, 0) is 31.0 Å². The summed E-state index contributed by atoms with van der Waals surface area (Å²) < 4.78 is 17.2. The average Bonchev–Trinajstić information content (AvgIpc) is 3.24. The number of piperidine rings is 1. The van der Waals surface area contributed by atoms with Gasteiger partial charge in [-0.2, -0.15) is 5.10 Å². The molecule has 0 aliphatic carbocycles. The van der Waals surface area contributed by atoms with Crippen LogP contribution in [0.5, 0.6) is 0 Å². The standard InChI is InChI=1S/C23H28FN7O4/c1-27(2)22(34)28-7-5-23(35,6-8-28)13-30-14-25-20-17(21(30)33)10-26-31(20)15-3-4-18(24)19(9-15)29-11-16(32)12-29/h3-4,9-10,14,16,32,35H,5-8,11-13H2,1-2H3. The third-order valence-corrected chi connectivity index (χ3v) is 6.74. The molecule has 0 atom stereocenters. The van der Waals surface area contributed by atoms with Crippen molar-refractivity contribution in [2.24, 2.45) is 0 Å².